The third kappa shape index (κ3) is 3.19. The van der Waals surface area contributed by atoms with E-state index in [-0.39, 0.29) is 23.7 Å². The zero-order valence-corrected chi connectivity index (χ0v) is 17.0. The Morgan fingerprint density at radius 3 is 2.68 bits per heavy atom. The van der Waals surface area contributed by atoms with Crippen molar-refractivity contribution in [3.05, 3.63) is 84.5 Å². The first kappa shape index (κ1) is 19.1. The maximum absolute atomic E-state index is 13.3. The van der Waals surface area contributed by atoms with Crippen molar-refractivity contribution in [1.29, 1.82) is 0 Å². The summed E-state index contributed by atoms with van der Waals surface area (Å²) >= 11 is 1.19. The van der Waals surface area contributed by atoms with E-state index >= 15 is 0 Å². The summed E-state index contributed by atoms with van der Waals surface area (Å²) in [7, 11) is 0. The second kappa shape index (κ2) is 7.13. The molecule has 0 saturated carbocycles. The van der Waals surface area contributed by atoms with Gasteiger partial charge in [0.1, 0.15) is 5.75 Å². The molecule has 2 aromatic carbocycles. The van der Waals surface area contributed by atoms with Crippen LogP contribution in [0.1, 0.15) is 24.1 Å². The number of allylic oxidation sites excluding steroid dienone is 1. The molecule has 2 aliphatic heterocycles. The number of rotatable bonds is 3. The van der Waals surface area contributed by atoms with Crippen LogP contribution < -0.4 is 24.4 Å². The predicted molar refractivity (Wildman–Crippen MR) is 112 cm³/mol. The summed E-state index contributed by atoms with van der Waals surface area (Å²) in [6, 6.07) is 10.7. The molecular weight excluding hydrogens is 420 g/mol. The number of carbonyl (C=O) groups is 1. The number of aliphatic carboxylic acids is 1. The minimum atomic E-state index is -1.14. The van der Waals surface area contributed by atoms with Crippen LogP contribution in [-0.4, -0.2) is 27.5 Å². The monoisotopic (exact) mass is 436 g/mol. The molecule has 0 spiro atoms. The van der Waals surface area contributed by atoms with E-state index in [1.807, 2.05) is 0 Å². The van der Waals surface area contributed by atoms with Crippen molar-refractivity contribution in [2.75, 3.05) is 6.79 Å². The van der Waals surface area contributed by atoms with Gasteiger partial charge in [0, 0.05) is 0 Å². The molecule has 2 N–H and O–H groups in total. The highest BCUT2D eigenvalue weighted by atomic mass is 32.1. The zero-order chi connectivity index (χ0) is 21.7. The number of ether oxygens (including phenoxy) is 2. The van der Waals surface area contributed by atoms with Crippen LogP contribution in [0.25, 0.3) is 6.08 Å². The molecule has 3 heterocycles. The zero-order valence-electron chi connectivity index (χ0n) is 16.2. The third-order valence-electron chi connectivity index (χ3n) is 5.16. The molecule has 0 amide bonds. The van der Waals surface area contributed by atoms with Crippen molar-refractivity contribution in [2.45, 2.75) is 13.0 Å². The van der Waals surface area contributed by atoms with Crippen LogP contribution in [-0.2, 0) is 4.79 Å². The van der Waals surface area contributed by atoms with Gasteiger partial charge in [0.05, 0.1) is 21.8 Å². The topological polar surface area (TPSA) is 110 Å². The minimum absolute atomic E-state index is 0.0300. The maximum Gasteiger partial charge on any atom is 0.335 e. The van der Waals surface area contributed by atoms with E-state index < -0.39 is 12.0 Å². The van der Waals surface area contributed by atoms with Crippen LogP contribution in [0.4, 0.5) is 0 Å². The first-order valence-corrected chi connectivity index (χ1v) is 10.2. The number of carboxylic acids is 1. The quantitative estimate of drug-likeness (QED) is 0.647. The summed E-state index contributed by atoms with van der Waals surface area (Å²) in [6.07, 6.45) is 1.69. The van der Waals surface area contributed by atoms with Crippen molar-refractivity contribution >= 4 is 23.4 Å². The first-order chi connectivity index (χ1) is 14.9. The lowest BCUT2D eigenvalue weighted by atomic mass is 9.95. The van der Waals surface area contributed by atoms with Crippen molar-refractivity contribution < 1.29 is 24.5 Å². The lowest BCUT2D eigenvalue weighted by Crippen LogP contribution is -2.39. The number of hydrogen-bond donors (Lipinski definition) is 2. The van der Waals surface area contributed by atoms with Crippen molar-refractivity contribution in [3.8, 4) is 17.2 Å². The molecule has 0 fully saturated rings. The Hall–Kier alpha value is -3.85. The van der Waals surface area contributed by atoms with Gasteiger partial charge in [-0.25, -0.2) is 9.79 Å². The van der Waals surface area contributed by atoms with Gasteiger partial charge in [-0.3, -0.25) is 9.36 Å². The molecule has 9 heteroatoms. The molecule has 0 aliphatic carbocycles. The van der Waals surface area contributed by atoms with Gasteiger partial charge in [-0.1, -0.05) is 29.5 Å². The second-order valence-electron chi connectivity index (χ2n) is 7.09. The van der Waals surface area contributed by atoms with Gasteiger partial charge in [-0.2, -0.15) is 0 Å². The Kier molecular flexibility index (Phi) is 4.40. The number of carboxylic acid groups (broad SMARTS) is 1. The summed E-state index contributed by atoms with van der Waals surface area (Å²) in [5.74, 6) is 0.0593. The lowest BCUT2D eigenvalue weighted by Gasteiger charge is -2.23. The molecule has 31 heavy (non-hydrogen) atoms. The summed E-state index contributed by atoms with van der Waals surface area (Å²) in [6.45, 7) is 1.72. The fourth-order valence-electron chi connectivity index (χ4n) is 3.72. The highest BCUT2D eigenvalue weighted by Crippen LogP contribution is 2.37. The van der Waals surface area contributed by atoms with Crippen LogP contribution in [0.2, 0.25) is 0 Å². The fourth-order valence-corrected chi connectivity index (χ4v) is 4.76. The van der Waals surface area contributed by atoms with Crippen LogP contribution >= 0.6 is 11.3 Å². The Morgan fingerprint density at radius 2 is 1.94 bits per heavy atom. The molecular formula is C22H16N2O6S. The van der Waals surface area contributed by atoms with Crippen LogP contribution in [0.15, 0.2) is 63.5 Å². The highest BCUT2D eigenvalue weighted by molar-refractivity contribution is 7.07. The van der Waals surface area contributed by atoms with Crippen molar-refractivity contribution in [2.24, 2.45) is 4.99 Å². The number of thiazole rings is 1. The molecule has 1 unspecified atom stereocenters. The highest BCUT2D eigenvalue weighted by Gasteiger charge is 2.33. The van der Waals surface area contributed by atoms with Crippen LogP contribution in [0.3, 0.4) is 0 Å². The molecule has 1 aromatic heterocycles. The number of benzene rings is 2. The molecule has 0 saturated heterocycles. The van der Waals surface area contributed by atoms with Gasteiger partial charge < -0.3 is 19.7 Å². The van der Waals surface area contributed by atoms with E-state index in [1.54, 1.807) is 43.3 Å². The van der Waals surface area contributed by atoms with Crippen LogP contribution in [0.5, 0.6) is 17.2 Å². The van der Waals surface area contributed by atoms with E-state index in [0.717, 1.165) is 5.56 Å². The maximum atomic E-state index is 13.3. The molecule has 8 nitrogen and oxygen atoms in total. The Labute approximate surface area is 179 Å². The Balaban J connectivity index is 1.73. The second-order valence-corrected chi connectivity index (χ2v) is 8.10. The molecule has 0 bridgehead atoms. The molecule has 0 radical (unpaired) electrons. The number of fused-ring (bicyclic) bond motifs is 2. The fraction of sp³-hybridized carbons (Fsp3) is 0.136. The van der Waals surface area contributed by atoms with Gasteiger partial charge >= 0.3 is 5.97 Å². The van der Waals surface area contributed by atoms with E-state index in [9.17, 15) is 19.8 Å². The van der Waals surface area contributed by atoms with E-state index in [1.165, 1.54) is 28.0 Å². The number of nitrogens with zero attached hydrogens (tertiary/aromatic N) is 2. The minimum Gasteiger partial charge on any atom is -0.508 e. The summed E-state index contributed by atoms with van der Waals surface area (Å²) < 4.78 is 12.6. The summed E-state index contributed by atoms with van der Waals surface area (Å²) in [5, 5.41) is 19.4. The number of phenolic OH excluding ortho intramolecular Hbond substituents is 1. The lowest BCUT2D eigenvalue weighted by molar-refractivity contribution is -0.133. The molecule has 156 valence electrons. The van der Waals surface area contributed by atoms with Crippen molar-refractivity contribution in [3.63, 3.8) is 0 Å². The standard InChI is InChI=1S/C22H16N2O6S/c1-11-18(21(27)28)19(13-4-7-15-16(9-13)30-10-29-15)24-20(26)17(31-22(24)23-11)8-12-2-5-14(25)6-3-12/h2-9,19,25H,10H2,1H3,(H,27,28). The third-order valence-corrected chi connectivity index (χ3v) is 6.14. The van der Waals surface area contributed by atoms with E-state index in [0.29, 0.717) is 32.1 Å². The summed E-state index contributed by atoms with van der Waals surface area (Å²) in [4.78, 5) is 30.3. The average Bonchev–Trinajstić information content (AvgIpc) is 3.32. The number of aromatic nitrogens is 1. The van der Waals surface area contributed by atoms with E-state index in [2.05, 4.69) is 4.99 Å². The number of aromatic hydroxyl groups is 1. The number of phenols is 1. The average molecular weight is 436 g/mol. The first-order valence-electron chi connectivity index (χ1n) is 9.37. The van der Waals surface area contributed by atoms with E-state index in [4.69, 9.17) is 9.47 Å². The smallest absolute Gasteiger partial charge is 0.335 e. The summed E-state index contributed by atoms with van der Waals surface area (Å²) in [5.41, 5.74) is 1.35. The molecule has 1 atom stereocenters. The van der Waals surface area contributed by atoms with Gasteiger partial charge in [-0.15, -0.1) is 0 Å². The Morgan fingerprint density at radius 1 is 1.19 bits per heavy atom. The predicted octanol–water partition coefficient (Wildman–Crippen LogP) is 1.75. The van der Waals surface area contributed by atoms with Gasteiger partial charge in [0.2, 0.25) is 6.79 Å². The van der Waals surface area contributed by atoms with Gasteiger partial charge in [0.15, 0.2) is 16.3 Å². The molecule has 3 aromatic rings. The number of hydrogen-bond acceptors (Lipinski definition) is 7. The van der Waals surface area contributed by atoms with Crippen LogP contribution in [0, 0.1) is 0 Å². The van der Waals surface area contributed by atoms with Gasteiger partial charge in [0.25, 0.3) is 5.56 Å². The van der Waals surface area contributed by atoms with Gasteiger partial charge in [-0.05, 0) is 48.4 Å². The Bertz CT molecular complexity index is 1430. The molecule has 2 aliphatic rings. The van der Waals surface area contributed by atoms with Crippen molar-refractivity contribution in [1.82, 2.24) is 4.57 Å². The SMILES string of the molecule is CC1=C(C(=O)O)C(c2ccc3c(c2)OCO3)n2c(sc(=Cc3ccc(O)cc3)c2=O)=N1. The normalized spacial score (nSPS) is 17.5. The largest absolute Gasteiger partial charge is 0.508 e. The molecule has 5 rings (SSSR count).